The average molecular weight is 439 g/mol. The van der Waals surface area contributed by atoms with E-state index in [1.54, 1.807) is 11.3 Å². The van der Waals surface area contributed by atoms with Gasteiger partial charge in [-0.1, -0.05) is 13.8 Å². The van der Waals surface area contributed by atoms with Gasteiger partial charge in [0, 0.05) is 22.8 Å². The lowest BCUT2D eigenvalue weighted by molar-refractivity contribution is -0.144. The lowest BCUT2D eigenvalue weighted by atomic mass is 10.2. The summed E-state index contributed by atoms with van der Waals surface area (Å²) in [5.74, 6) is 0.302. The van der Waals surface area contributed by atoms with Crippen LogP contribution in [0.4, 0.5) is 0 Å². The maximum Gasteiger partial charge on any atom is 0.310 e. The van der Waals surface area contributed by atoms with Gasteiger partial charge in [0.05, 0.1) is 19.6 Å². The Bertz CT molecular complexity index is 477. The molecule has 5 nitrogen and oxygen atoms in total. The molecule has 0 bridgehead atoms. The zero-order chi connectivity index (χ0) is 15.7. The van der Waals surface area contributed by atoms with Crippen LogP contribution in [0, 0.1) is 5.92 Å². The highest BCUT2D eigenvalue weighted by molar-refractivity contribution is 14.0. The number of aliphatic imine (C=N–C) groups is 1. The van der Waals surface area contributed by atoms with Crippen LogP contribution >= 0.6 is 35.3 Å². The number of guanidine groups is 1. The lowest BCUT2D eigenvalue weighted by Gasteiger charge is -2.14. The Morgan fingerprint density at radius 3 is 2.55 bits per heavy atom. The van der Waals surface area contributed by atoms with Crippen molar-refractivity contribution in [2.24, 2.45) is 10.9 Å². The van der Waals surface area contributed by atoms with Crippen molar-refractivity contribution in [2.75, 3.05) is 20.2 Å². The van der Waals surface area contributed by atoms with Crippen molar-refractivity contribution in [3.8, 4) is 0 Å². The number of rotatable bonds is 7. The maximum absolute atomic E-state index is 11.4. The first kappa shape index (κ1) is 21.2. The summed E-state index contributed by atoms with van der Waals surface area (Å²) >= 11 is 1.79. The molecule has 0 aromatic carbocycles. The molecule has 0 fully saturated rings. The van der Waals surface area contributed by atoms with Crippen LogP contribution in [-0.2, 0) is 22.5 Å². The number of hydrogen-bond acceptors (Lipinski definition) is 4. The molecule has 1 aromatic heterocycles. The standard InChI is InChI=1S/C15H25N3O2S.HI/c1-5-12-7-8-13(21-12)10-18-15(16-6-2)17-9-11(3)14(19)20-4;/h7-8,11H,5-6,9-10H2,1-4H3,(H2,16,17,18);1H. The number of esters is 1. The molecule has 7 heteroatoms. The summed E-state index contributed by atoms with van der Waals surface area (Å²) in [5, 5.41) is 6.35. The van der Waals surface area contributed by atoms with Crippen molar-refractivity contribution in [1.82, 2.24) is 10.6 Å². The number of carbonyl (C=O) groups excluding carboxylic acids is 1. The van der Waals surface area contributed by atoms with Gasteiger partial charge < -0.3 is 15.4 Å². The normalized spacial score (nSPS) is 12.3. The molecule has 22 heavy (non-hydrogen) atoms. The summed E-state index contributed by atoms with van der Waals surface area (Å²) in [4.78, 5) is 18.5. The first-order chi connectivity index (χ1) is 10.1. The Labute approximate surface area is 154 Å². The van der Waals surface area contributed by atoms with E-state index in [0.29, 0.717) is 13.1 Å². The molecule has 0 spiro atoms. The fourth-order valence-corrected chi connectivity index (χ4v) is 2.61. The number of nitrogens with zero attached hydrogens (tertiary/aromatic N) is 1. The van der Waals surface area contributed by atoms with Crippen molar-refractivity contribution < 1.29 is 9.53 Å². The number of aryl methyl sites for hydroxylation is 1. The minimum Gasteiger partial charge on any atom is -0.469 e. The third-order valence-electron chi connectivity index (χ3n) is 2.98. The van der Waals surface area contributed by atoms with E-state index in [1.807, 2.05) is 13.8 Å². The smallest absolute Gasteiger partial charge is 0.310 e. The topological polar surface area (TPSA) is 62.7 Å². The molecule has 0 aliphatic heterocycles. The molecule has 0 amide bonds. The minimum atomic E-state index is -0.218. The molecule has 0 radical (unpaired) electrons. The van der Waals surface area contributed by atoms with Gasteiger partial charge in [-0.05, 0) is 25.5 Å². The van der Waals surface area contributed by atoms with Gasteiger partial charge in [-0.2, -0.15) is 0 Å². The molecular weight excluding hydrogens is 413 g/mol. The number of halogens is 1. The van der Waals surface area contributed by atoms with Gasteiger partial charge in [-0.25, -0.2) is 4.99 Å². The predicted octanol–water partition coefficient (Wildman–Crippen LogP) is 2.79. The number of methoxy groups -OCH3 is 1. The average Bonchev–Trinajstić information content (AvgIpc) is 2.96. The second kappa shape index (κ2) is 11.7. The Morgan fingerprint density at radius 2 is 2.00 bits per heavy atom. The first-order valence-electron chi connectivity index (χ1n) is 7.28. The Hall–Kier alpha value is -0.830. The van der Waals surface area contributed by atoms with E-state index in [0.717, 1.165) is 18.9 Å². The van der Waals surface area contributed by atoms with E-state index in [2.05, 4.69) is 34.7 Å². The Balaban J connectivity index is 0.00000441. The van der Waals surface area contributed by atoms with Crippen LogP contribution < -0.4 is 10.6 Å². The molecule has 126 valence electrons. The van der Waals surface area contributed by atoms with E-state index in [4.69, 9.17) is 4.74 Å². The molecule has 0 aliphatic rings. The first-order valence-corrected chi connectivity index (χ1v) is 8.09. The fraction of sp³-hybridized carbons (Fsp3) is 0.600. The minimum absolute atomic E-state index is 0. The van der Waals surface area contributed by atoms with Crippen LogP contribution in [0.1, 0.15) is 30.5 Å². The van der Waals surface area contributed by atoms with Crippen molar-refractivity contribution >= 4 is 47.2 Å². The summed E-state index contributed by atoms with van der Waals surface area (Å²) in [7, 11) is 1.40. The molecule has 1 aromatic rings. The summed E-state index contributed by atoms with van der Waals surface area (Å²) in [5.41, 5.74) is 0. The van der Waals surface area contributed by atoms with Gasteiger partial charge in [-0.3, -0.25) is 4.79 Å². The molecule has 1 rings (SSSR count). The van der Waals surface area contributed by atoms with Crippen LogP contribution in [0.15, 0.2) is 17.1 Å². The molecule has 1 atom stereocenters. The highest BCUT2D eigenvalue weighted by atomic mass is 127. The SMILES string of the molecule is CCNC(=NCc1ccc(CC)s1)NCC(C)C(=O)OC.I. The predicted molar refractivity (Wildman–Crippen MR) is 103 cm³/mol. The third kappa shape index (κ3) is 7.44. The maximum atomic E-state index is 11.4. The lowest BCUT2D eigenvalue weighted by Crippen LogP contribution is -2.40. The molecule has 2 N–H and O–H groups in total. The van der Waals surface area contributed by atoms with Gasteiger partial charge in [0.1, 0.15) is 0 Å². The van der Waals surface area contributed by atoms with Gasteiger partial charge in [0.15, 0.2) is 5.96 Å². The summed E-state index contributed by atoms with van der Waals surface area (Å²) in [6, 6.07) is 4.27. The van der Waals surface area contributed by atoms with Crippen molar-refractivity contribution in [3.63, 3.8) is 0 Å². The second-order valence-electron chi connectivity index (χ2n) is 4.72. The molecule has 0 saturated carbocycles. The van der Waals surface area contributed by atoms with E-state index < -0.39 is 0 Å². The summed E-state index contributed by atoms with van der Waals surface area (Å²) < 4.78 is 4.71. The van der Waals surface area contributed by atoms with E-state index >= 15 is 0 Å². The molecule has 0 aliphatic carbocycles. The third-order valence-corrected chi connectivity index (χ3v) is 4.20. The quantitative estimate of drug-likeness (QED) is 0.297. The molecule has 0 saturated heterocycles. The number of ether oxygens (including phenoxy) is 1. The van der Waals surface area contributed by atoms with Gasteiger partial charge in [-0.15, -0.1) is 35.3 Å². The monoisotopic (exact) mass is 439 g/mol. The summed E-state index contributed by atoms with van der Waals surface area (Å²) in [6.45, 7) is 7.92. The Morgan fingerprint density at radius 1 is 1.32 bits per heavy atom. The second-order valence-corrected chi connectivity index (χ2v) is 5.97. The van der Waals surface area contributed by atoms with Crippen molar-refractivity contribution in [1.29, 1.82) is 0 Å². The van der Waals surface area contributed by atoms with E-state index in [1.165, 1.54) is 16.9 Å². The zero-order valence-corrected chi connectivity index (χ0v) is 16.8. The van der Waals surface area contributed by atoms with Crippen LogP contribution in [0.25, 0.3) is 0 Å². The highest BCUT2D eigenvalue weighted by Crippen LogP contribution is 2.17. The molecule has 1 heterocycles. The van der Waals surface area contributed by atoms with Crippen molar-refractivity contribution in [3.05, 3.63) is 21.9 Å². The summed E-state index contributed by atoms with van der Waals surface area (Å²) in [6.07, 6.45) is 1.06. The number of carbonyl (C=O) groups is 1. The van der Waals surface area contributed by atoms with E-state index in [9.17, 15) is 4.79 Å². The number of thiophene rings is 1. The zero-order valence-electron chi connectivity index (χ0n) is 13.6. The number of nitrogens with one attached hydrogen (secondary N) is 2. The van der Waals surface area contributed by atoms with E-state index in [-0.39, 0.29) is 35.9 Å². The highest BCUT2D eigenvalue weighted by Gasteiger charge is 2.13. The largest absolute Gasteiger partial charge is 0.469 e. The van der Waals surface area contributed by atoms with Crippen LogP contribution in [0.3, 0.4) is 0 Å². The van der Waals surface area contributed by atoms with Crippen LogP contribution in [0.5, 0.6) is 0 Å². The van der Waals surface area contributed by atoms with Gasteiger partial charge in [0.2, 0.25) is 0 Å². The van der Waals surface area contributed by atoms with Gasteiger partial charge in [0.25, 0.3) is 0 Å². The molecule has 1 unspecified atom stereocenters. The Kier molecular flexibility index (Phi) is 11.3. The van der Waals surface area contributed by atoms with Crippen molar-refractivity contribution in [2.45, 2.75) is 33.7 Å². The van der Waals surface area contributed by atoms with Gasteiger partial charge >= 0.3 is 5.97 Å². The number of hydrogen-bond donors (Lipinski definition) is 2. The molecular formula is C15H26IN3O2S. The van der Waals surface area contributed by atoms with Crippen LogP contribution in [-0.4, -0.2) is 32.1 Å². The van der Waals surface area contributed by atoms with Crippen LogP contribution in [0.2, 0.25) is 0 Å². The fourth-order valence-electron chi connectivity index (χ4n) is 1.73.